The Bertz CT molecular complexity index is 734. The first-order valence-electron chi connectivity index (χ1n) is 9.15. The molecule has 1 saturated heterocycles. The molecule has 1 aliphatic heterocycles. The van der Waals surface area contributed by atoms with Gasteiger partial charge in [0, 0.05) is 31.9 Å². The number of aromatic nitrogens is 1. The minimum absolute atomic E-state index is 0.0371. The number of piperidine rings is 1. The number of rotatable bonds is 5. The predicted molar refractivity (Wildman–Crippen MR) is 100 cm³/mol. The lowest BCUT2D eigenvalue weighted by Gasteiger charge is -2.33. The Kier molecular flexibility index (Phi) is 6.21. The first kappa shape index (κ1) is 17.9. The van der Waals surface area contributed by atoms with Gasteiger partial charge in [-0.15, -0.1) is 0 Å². The number of carbonyl (C=O) groups is 1. The molecule has 1 fully saturated rings. The number of amides is 2. The summed E-state index contributed by atoms with van der Waals surface area (Å²) in [6.07, 6.45) is 6.63. The Morgan fingerprint density at radius 2 is 1.88 bits per heavy atom. The number of pyridine rings is 1. The zero-order chi connectivity index (χ0) is 18.2. The van der Waals surface area contributed by atoms with Gasteiger partial charge in [0.1, 0.15) is 0 Å². The zero-order valence-corrected chi connectivity index (χ0v) is 14.8. The first-order valence-corrected chi connectivity index (χ1v) is 9.15. The van der Waals surface area contributed by atoms with Crippen LogP contribution in [0.2, 0.25) is 0 Å². The minimum Gasteiger partial charge on any atom is -0.331 e. The second-order valence-electron chi connectivity index (χ2n) is 6.65. The van der Waals surface area contributed by atoms with E-state index >= 15 is 0 Å². The van der Waals surface area contributed by atoms with Crippen LogP contribution < -0.4 is 5.32 Å². The molecule has 0 spiro atoms. The van der Waals surface area contributed by atoms with Gasteiger partial charge in [0.05, 0.1) is 12.1 Å². The summed E-state index contributed by atoms with van der Waals surface area (Å²) < 4.78 is 0. The molecule has 2 aromatic rings. The van der Waals surface area contributed by atoms with Gasteiger partial charge in [0.2, 0.25) is 0 Å². The fraction of sp³-hybridized carbons (Fsp3) is 0.381. The molecule has 1 unspecified atom stereocenters. The van der Waals surface area contributed by atoms with E-state index in [0.717, 1.165) is 31.5 Å². The normalized spacial score (nSPS) is 15.9. The van der Waals surface area contributed by atoms with Gasteiger partial charge in [-0.3, -0.25) is 4.98 Å². The molecule has 0 saturated carbocycles. The second kappa shape index (κ2) is 9.00. The molecule has 5 nitrogen and oxygen atoms in total. The largest absolute Gasteiger partial charge is 0.331 e. The van der Waals surface area contributed by atoms with E-state index in [0.29, 0.717) is 18.8 Å². The van der Waals surface area contributed by atoms with Crippen molar-refractivity contribution in [2.45, 2.75) is 37.6 Å². The highest BCUT2D eigenvalue weighted by Gasteiger charge is 2.25. The standard InChI is InChI=1S/C21H24N4O/c22-12-4-7-20(19-5-2-1-3-6-19)24-21(26)25-15-10-18(11-16-25)17-8-13-23-14-9-17/h1-3,5-6,8-9,13-14,18,20H,4,7,10-11,15-16H2,(H,24,26). The average molecular weight is 348 g/mol. The number of likely N-dealkylation sites (tertiary alicyclic amines) is 1. The van der Waals surface area contributed by atoms with Crippen molar-refractivity contribution in [3.8, 4) is 6.07 Å². The summed E-state index contributed by atoms with van der Waals surface area (Å²) in [5.74, 6) is 0.491. The lowest BCUT2D eigenvalue weighted by atomic mass is 9.90. The van der Waals surface area contributed by atoms with Crippen molar-refractivity contribution in [3.05, 3.63) is 66.0 Å². The smallest absolute Gasteiger partial charge is 0.317 e. The lowest BCUT2D eigenvalue weighted by Crippen LogP contribution is -2.45. The monoisotopic (exact) mass is 348 g/mol. The number of nitrogens with zero attached hydrogens (tertiary/aromatic N) is 3. The maximum Gasteiger partial charge on any atom is 0.317 e. The number of urea groups is 1. The molecule has 1 N–H and O–H groups in total. The third kappa shape index (κ3) is 4.60. The number of hydrogen-bond acceptors (Lipinski definition) is 3. The summed E-state index contributed by atoms with van der Waals surface area (Å²) in [6.45, 7) is 1.50. The molecule has 0 radical (unpaired) electrons. The van der Waals surface area contributed by atoms with Crippen LogP contribution in [0.1, 0.15) is 48.8 Å². The molecule has 1 aliphatic rings. The molecule has 1 aromatic carbocycles. The summed E-state index contributed by atoms with van der Waals surface area (Å²) in [5.41, 5.74) is 2.35. The van der Waals surface area contributed by atoms with Crippen LogP contribution in [-0.4, -0.2) is 29.0 Å². The van der Waals surface area contributed by atoms with Crippen molar-refractivity contribution >= 4 is 6.03 Å². The van der Waals surface area contributed by atoms with E-state index in [4.69, 9.17) is 5.26 Å². The number of carbonyl (C=O) groups excluding carboxylic acids is 1. The van der Waals surface area contributed by atoms with E-state index in [2.05, 4.69) is 28.5 Å². The summed E-state index contributed by atoms with van der Waals surface area (Å²) in [6, 6.07) is 16.0. The number of hydrogen-bond donors (Lipinski definition) is 1. The third-order valence-electron chi connectivity index (χ3n) is 5.00. The van der Waals surface area contributed by atoms with Crippen molar-refractivity contribution in [2.75, 3.05) is 13.1 Å². The van der Waals surface area contributed by atoms with Crippen molar-refractivity contribution in [3.63, 3.8) is 0 Å². The van der Waals surface area contributed by atoms with Crippen LogP contribution in [0.4, 0.5) is 4.79 Å². The van der Waals surface area contributed by atoms with Crippen LogP contribution in [0, 0.1) is 11.3 Å². The minimum atomic E-state index is -0.124. The highest BCUT2D eigenvalue weighted by Crippen LogP contribution is 2.28. The Morgan fingerprint density at radius 1 is 1.19 bits per heavy atom. The quantitative estimate of drug-likeness (QED) is 0.887. The van der Waals surface area contributed by atoms with Crippen molar-refractivity contribution in [2.24, 2.45) is 0 Å². The lowest BCUT2D eigenvalue weighted by molar-refractivity contribution is 0.177. The van der Waals surface area contributed by atoms with Crippen LogP contribution in [0.5, 0.6) is 0 Å². The number of nitriles is 1. The number of benzene rings is 1. The summed E-state index contributed by atoms with van der Waals surface area (Å²) in [4.78, 5) is 18.7. The van der Waals surface area contributed by atoms with Crippen LogP contribution in [0.3, 0.4) is 0 Å². The zero-order valence-electron chi connectivity index (χ0n) is 14.8. The van der Waals surface area contributed by atoms with E-state index < -0.39 is 0 Å². The predicted octanol–water partition coefficient (Wildman–Crippen LogP) is 4.02. The van der Waals surface area contributed by atoms with Crippen molar-refractivity contribution in [1.29, 1.82) is 5.26 Å². The maximum absolute atomic E-state index is 12.7. The van der Waals surface area contributed by atoms with Gasteiger partial charge in [-0.2, -0.15) is 5.26 Å². The van der Waals surface area contributed by atoms with Gasteiger partial charge in [-0.1, -0.05) is 30.3 Å². The fourth-order valence-electron chi connectivity index (χ4n) is 3.51. The molecular weight excluding hydrogens is 324 g/mol. The van der Waals surface area contributed by atoms with Crippen molar-refractivity contribution < 1.29 is 4.79 Å². The molecule has 26 heavy (non-hydrogen) atoms. The van der Waals surface area contributed by atoms with E-state index in [9.17, 15) is 4.79 Å². The van der Waals surface area contributed by atoms with Crippen LogP contribution in [0.15, 0.2) is 54.9 Å². The Labute approximate surface area is 154 Å². The molecule has 2 heterocycles. The van der Waals surface area contributed by atoms with Crippen LogP contribution in [-0.2, 0) is 0 Å². The first-order chi connectivity index (χ1) is 12.8. The van der Waals surface area contributed by atoms with Gasteiger partial charge in [-0.05, 0) is 48.4 Å². The molecule has 1 atom stereocenters. The maximum atomic E-state index is 12.7. The highest BCUT2D eigenvalue weighted by molar-refractivity contribution is 5.74. The summed E-state index contributed by atoms with van der Waals surface area (Å²) >= 11 is 0. The van der Waals surface area contributed by atoms with E-state index in [1.165, 1.54) is 5.56 Å². The van der Waals surface area contributed by atoms with Gasteiger partial charge >= 0.3 is 6.03 Å². The van der Waals surface area contributed by atoms with Crippen LogP contribution >= 0.6 is 0 Å². The second-order valence-corrected chi connectivity index (χ2v) is 6.65. The third-order valence-corrected chi connectivity index (χ3v) is 5.00. The van der Waals surface area contributed by atoms with E-state index in [-0.39, 0.29) is 12.1 Å². The summed E-state index contributed by atoms with van der Waals surface area (Å²) in [5, 5.41) is 12.0. The molecule has 0 bridgehead atoms. The van der Waals surface area contributed by atoms with Crippen molar-refractivity contribution in [1.82, 2.24) is 15.2 Å². The highest BCUT2D eigenvalue weighted by atomic mass is 16.2. The topological polar surface area (TPSA) is 69.0 Å². The SMILES string of the molecule is N#CCCC(NC(=O)N1CCC(c2ccncc2)CC1)c1ccccc1. The molecule has 1 aromatic heterocycles. The van der Waals surface area contributed by atoms with Gasteiger partial charge in [0.25, 0.3) is 0 Å². The summed E-state index contributed by atoms with van der Waals surface area (Å²) in [7, 11) is 0. The van der Waals surface area contributed by atoms with E-state index in [1.807, 2.05) is 47.6 Å². The van der Waals surface area contributed by atoms with E-state index in [1.54, 1.807) is 0 Å². The Hall–Kier alpha value is -2.87. The van der Waals surface area contributed by atoms with Gasteiger partial charge < -0.3 is 10.2 Å². The molecular formula is C21H24N4O. The van der Waals surface area contributed by atoms with Crippen LogP contribution in [0.25, 0.3) is 0 Å². The van der Waals surface area contributed by atoms with Gasteiger partial charge in [0.15, 0.2) is 0 Å². The fourth-order valence-corrected chi connectivity index (χ4v) is 3.51. The molecule has 5 heteroatoms. The Balaban J connectivity index is 1.58. The van der Waals surface area contributed by atoms with Gasteiger partial charge in [-0.25, -0.2) is 4.79 Å². The Morgan fingerprint density at radius 3 is 2.54 bits per heavy atom. The number of nitrogens with one attached hydrogen (secondary N) is 1. The molecule has 2 amide bonds. The molecule has 3 rings (SSSR count). The molecule has 0 aliphatic carbocycles. The molecule has 134 valence electrons. The average Bonchev–Trinajstić information content (AvgIpc) is 2.72.